The summed E-state index contributed by atoms with van der Waals surface area (Å²) in [6.45, 7) is 5.43. The van der Waals surface area contributed by atoms with E-state index in [0.717, 1.165) is 31.6 Å². The molecule has 0 spiro atoms. The van der Waals surface area contributed by atoms with Gasteiger partial charge in [0.25, 0.3) is 5.91 Å². The quantitative estimate of drug-likeness (QED) is 0.912. The normalized spacial score (nSPS) is 19.8. The second kappa shape index (κ2) is 6.62. The summed E-state index contributed by atoms with van der Waals surface area (Å²) in [7, 11) is 0. The van der Waals surface area contributed by atoms with Gasteiger partial charge in [0, 0.05) is 31.0 Å². The fraction of sp³-hybridized carbons (Fsp3) is 0.533. The van der Waals surface area contributed by atoms with E-state index in [0.29, 0.717) is 17.1 Å². The van der Waals surface area contributed by atoms with Gasteiger partial charge >= 0.3 is 0 Å². The number of hydrogen-bond acceptors (Lipinski definition) is 4. The van der Waals surface area contributed by atoms with Crippen molar-refractivity contribution >= 4 is 24.0 Å². The molecular weight excluding hydrogens is 302 g/mol. The Bertz CT molecular complexity index is 669. The van der Waals surface area contributed by atoms with Crippen molar-refractivity contribution in [3.05, 3.63) is 29.7 Å². The molecule has 2 aromatic heterocycles. The van der Waals surface area contributed by atoms with Gasteiger partial charge in [-0.25, -0.2) is 9.50 Å². The number of likely N-dealkylation sites (tertiary alicyclic amines) is 1. The molecule has 2 N–H and O–H groups in total. The number of nitrogens with two attached hydrogens (primary N) is 1. The maximum Gasteiger partial charge on any atom is 0.259 e. The van der Waals surface area contributed by atoms with E-state index in [9.17, 15) is 4.79 Å². The first-order valence-electron chi connectivity index (χ1n) is 7.42. The van der Waals surface area contributed by atoms with E-state index in [1.807, 2.05) is 31.0 Å². The van der Waals surface area contributed by atoms with Crippen LogP contribution >= 0.6 is 12.4 Å². The van der Waals surface area contributed by atoms with Gasteiger partial charge in [0.1, 0.15) is 5.56 Å². The number of carbonyl (C=O) groups is 1. The molecule has 7 heteroatoms. The molecule has 0 aliphatic carbocycles. The average molecular weight is 324 g/mol. The van der Waals surface area contributed by atoms with Crippen molar-refractivity contribution in [2.75, 3.05) is 13.1 Å². The zero-order chi connectivity index (χ0) is 15.0. The molecule has 120 valence electrons. The van der Waals surface area contributed by atoms with Crippen LogP contribution < -0.4 is 5.73 Å². The van der Waals surface area contributed by atoms with Gasteiger partial charge in [0.15, 0.2) is 5.65 Å². The Morgan fingerprint density at radius 1 is 1.50 bits per heavy atom. The number of aryl methyl sites for hydroxylation is 1. The molecule has 0 aromatic carbocycles. The third kappa shape index (κ3) is 3.08. The molecule has 3 rings (SSSR count). The van der Waals surface area contributed by atoms with Crippen LogP contribution in [0.25, 0.3) is 5.65 Å². The van der Waals surface area contributed by atoms with Crippen LogP contribution in [0.1, 0.15) is 35.8 Å². The number of amides is 1. The standard InChI is InChI=1S/C15H21N5O.ClH/c1-10-5-7-20-14(18-10)13(8-17-20)15(21)19-6-3-4-12(9-19)11(2)16;/h5,7-8,11-12H,3-4,6,9,16H2,1-2H3;1H. The second-order valence-electron chi connectivity index (χ2n) is 5.91. The first-order chi connectivity index (χ1) is 10.1. The third-order valence-electron chi connectivity index (χ3n) is 4.23. The van der Waals surface area contributed by atoms with E-state index >= 15 is 0 Å². The Hall–Kier alpha value is -1.66. The highest BCUT2D eigenvalue weighted by Crippen LogP contribution is 2.21. The number of fused-ring (bicyclic) bond motifs is 1. The number of piperidine rings is 1. The fourth-order valence-electron chi connectivity index (χ4n) is 2.90. The molecule has 0 radical (unpaired) electrons. The Morgan fingerprint density at radius 3 is 3.00 bits per heavy atom. The molecule has 6 nitrogen and oxygen atoms in total. The van der Waals surface area contributed by atoms with Gasteiger partial charge in [0.05, 0.1) is 6.20 Å². The lowest BCUT2D eigenvalue weighted by Gasteiger charge is -2.34. The first-order valence-corrected chi connectivity index (χ1v) is 7.42. The van der Waals surface area contributed by atoms with E-state index in [1.54, 1.807) is 10.7 Å². The van der Waals surface area contributed by atoms with Crippen molar-refractivity contribution in [3.63, 3.8) is 0 Å². The van der Waals surface area contributed by atoms with E-state index in [-0.39, 0.29) is 24.4 Å². The van der Waals surface area contributed by atoms with Crippen molar-refractivity contribution in [1.29, 1.82) is 0 Å². The van der Waals surface area contributed by atoms with Crippen molar-refractivity contribution < 1.29 is 4.79 Å². The number of aromatic nitrogens is 3. The molecule has 2 aromatic rings. The highest BCUT2D eigenvalue weighted by atomic mass is 35.5. The first kappa shape index (κ1) is 16.7. The molecule has 2 atom stereocenters. The van der Waals surface area contributed by atoms with Crippen LogP contribution in [-0.2, 0) is 0 Å². The maximum absolute atomic E-state index is 12.7. The summed E-state index contributed by atoms with van der Waals surface area (Å²) >= 11 is 0. The minimum Gasteiger partial charge on any atom is -0.338 e. The number of hydrogen-bond donors (Lipinski definition) is 1. The van der Waals surface area contributed by atoms with Crippen LogP contribution in [0.5, 0.6) is 0 Å². The van der Waals surface area contributed by atoms with Crippen LogP contribution in [0.3, 0.4) is 0 Å². The lowest BCUT2D eigenvalue weighted by Crippen LogP contribution is -2.45. The molecule has 2 unspecified atom stereocenters. The highest BCUT2D eigenvalue weighted by molar-refractivity contribution is 5.99. The van der Waals surface area contributed by atoms with Crippen molar-refractivity contribution in [1.82, 2.24) is 19.5 Å². The summed E-state index contributed by atoms with van der Waals surface area (Å²) in [5.41, 5.74) is 8.07. The van der Waals surface area contributed by atoms with Crippen LogP contribution in [0, 0.1) is 12.8 Å². The SMILES string of the molecule is Cc1ccn2ncc(C(=O)N3CCCC(C(C)N)C3)c2n1.Cl. The van der Waals surface area contributed by atoms with E-state index in [2.05, 4.69) is 10.1 Å². The summed E-state index contributed by atoms with van der Waals surface area (Å²) in [4.78, 5) is 19.1. The largest absolute Gasteiger partial charge is 0.338 e. The smallest absolute Gasteiger partial charge is 0.259 e. The van der Waals surface area contributed by atoms with Gasteiger partial charge in [-0.2, -0.15) is 5.10 Å². The Morgan fingerprint density at radius 2 is 2.27 bits per heavy atom. The zero-order valence-corrected chi connectivity index (χ0v) is 13.7. The van der Waals surface area contributed by atoms with E-state index in [4.69, 9.17) is 5.73 Å². The van der Waals surface area contributed by atoms with Gasteiger partial charge in [0.2, 0.25) is 0 Å². The molecule has 1 aliphatic rings. The molecule has 1 aliphatic heterocycles. The topological polar surface area (TPSA) is 76.5 Å². The number of halogens is 1. The Kier molecular flexibility index (Phi) is 5.03. The van der Waals surface area contributed by atoms with E-state index in [1.165, 1.54) is 0 Å². The summed E-state index contributed by atoms with van der Waals surface area (Å²) < 4.78 is 1.65. The second-order valence-corrected chi connectivity index (χ2v) is 5.91. The van der Waals surface area contributed by atoms with Crippen LogP contribution in [0.2, 0.25) is 0 Å². The molecule has 0 bridgehead atoms. The molecular formula is C15H22ClN5O. The van der Waals surface area contributed by atoms with Crippen LogP contribution in [-0.4, -0.2) is 44.5 Å². The van der Waals surface area contributed by atoms with Crippen molar-refractivity contribution in [2.45, 2.75) is 32.7 Å². The number of nitrogens with zero attached hydrogens (tertiary/aromatic N) is 4. The van der Waals surface area contributed by atoms with Crippen molar-refractivity contribution in [2.24, 2.45) is 11.7 Å². The highest BCUT2D eigenvalue weighted by Gasteiger charge is 2.28. The summed E-state index contributed by atoms with van der Waals surface area (Å²) in [5.74, 6) is 0.382. The summed E-state index contributed by atoms with van der Waals surface area (Å²) in [5, 5.41) is 4.21. The Labute approximate surface area is 136 Å². The molecule has 1 fully saturated rings. The molecule has 0 saturated carbocycles. The zero-order valence-electron chi connectivity index (χ0n) is 12.9. The summed E-state index contributed by atoms with van der Waals surface area (Å²) in [6, 6.07) is 1.99. The third-order valence-corrected chi connectivity index (χ3v) is 4.23. The van der Waals surface area contributed by atoms with Crippen LogP contribution in [0.15, 0.2) is 18.5 Å². The Balaban J connectivity index is 0.00000176. The average Bonchev–Trinajstić information content (AvgIpc) is 2.89. The lowest BCUT2D eigenvalue weighted by atomic mass is 9.92. The maximum atomic E-state index is 12.7. The van der Waals surface area contributed by atoms with Crippen LogP contribution in [0.4, 0.5) is 0 Å². The predicted molar refractivity (Wildman–Crippen MR) is 87.2 cm³/mol. The van der Waals surface area contributed by atoms with Gasteiger partial charge in [-0.1, -0.05) is 0 Å². The fourth-order valence-corrected chi connectivity index (χ4v) is 2.90. The number of carbonyl (C=O) groups excluding carboxylic acids is 1. The minimum atomic E-state index is 0. The summed E-state index contributed by atoms with van der Waals surface area (Å²) in [6.07, 6.45) is 5.53. The lowest BCUT2D eigenvalue weighted by molar-refractivity contribution is 0.0662. The monoisotopic (exact) mass is 323 g/mol. The molecule has 1 amide bonds. The minimum absolute atomic E-state index is 0. The molecule has 1 saturated heterocycles. The predicted octanol–water partition coefficient (Wildman–Crippen LogP) is 1.66. The molecule has 3 heterocycles. The molecule has 22 heavy (non-hydrogen) atoms. The van der Waals surface area contributed by atoms with Crippen molar-refractivity contribution in [3.8, 4) is 0 Å². The van der Waals surface area contributed by atoms with Gasteiger partial charge in [-0.05, 0) is 38.7 Å². The van der Waals surface area contributed by atoms with Gasteiger partial charge < -0.3 is 10.6 Å². The van der Waals surface area contributed by atoms with E-state index < -0.39 is 0 Å². The van der Waals surface area contributed by atoms with Gasteiger partial charge in [-0.15, -0.1) is 12.4 Å². The van der Waals surface area contributed by atoms with Gasteiger partial charge in [-0.3, -0.25) is 4.79 Å². The number of rotatable bonds is 2.